The van der Waals surface area contributed by atoms with Crippen molar-refractivity contribution in [1.82, 2.24) is 10.2 Å². The number of nitrogens with zero attached hydrogens (tertiary/aromatic N) is 2. The van der Waals surface area contributed by atoms with E-state index in [1.165, 1.54) is 18.2 Å². The van der Waals surface area contributed by atoms with Gasteiger partial charge < -0.3 is 5.10 Å². The second-order valence-electron chi connectivity index (χ2n) is 4.39. The van der Waals surface area contributed by atoms with Gasteiger partial charge in [-0.3, -0.25) is 9.89 Å². The van der Waals surface area contributed by atoms with Crippen LogP contribution >= 0.6 is 0 Å². The number of benzene rings is 1. The predicted molar refractivity (Wildman–Crippen MR) is 69.1 cm³/mol. The Kier molecular flexibility index (Phi) is 3.67. The Morgan fingerprint density at radius 2 is 1.95 bits per heavy atom. The van der Waals surface area contributed by atoms with Crippen LogP contribution in [0.1, 0.15) is 22.7 Å². The number of aryl methyl sites for hydroxylation is 1. The first-order chi connectivity index (χ1) is 9.58. The molecule has 0 fully saturated rings. The van der Waals surface area contributed by atoms with Gasteiger partial charge in [0, 0.05) is 17.2 Å². The molecule has 6 heteroatoms. The molecule has 5 nitrogen and oxygen atoms in total. The van der Waals surface area contributed by atoms with Crippen LogP contribution in [0.15, 0.2) is 29.1 Å². The summed E-state index contributed by atoms with van der Waals surface area (Å²) in [5.41, 5.74) is 0.821. The van der Waals surface area contributed by atoms with Gasteiger partial charge in [-0.25, -0.2) is 4.39 Å². The molecule has 0 saturated carbocycles. The van der Waals surface area contributed by atoms with Crippen molar-refractivity contribution in [3.8, 4) is 12.1 Å². The number of hydrogen-bond acceptors (Lipinski definition) is 3. The normalized spacial score (nSPS) is 11.8. The second kappa shape index (κ2) is 5.41. The molecule has 0 bridgehead atoms. The fourth-order valence-corrected chi connectivity index (χ4v) is 2.23. The Labute approximate surface area is 114 Å². The minimum Gasteiger partial charge on any atom is -0.302 e. The van der Waals surface area contributed by atoms with Gasteiger partial charge in [0.15, 0.2) is 0 Å². The van der Waals surface area contributed by atoms with Crippen LogP contribution in [0.5, 0.6) is 0 Å². The van der Waals surface area contributed by atoms with E-state index in [4.69, 9.17) is 10.5 Å². The quantitative estimate of drug-likeness (QED) is 0.892. The van der Waals surface area contributed by atoms with Crippen LogP contribution in [0.2, 0.25) is 0 Å². The zero-order valence-electron chi connectivity index (χ0n) is 10.6. The fraction of sp³-hybridized carbons (Fsp3) is 0.214. The van der Waals surface area contributed by atoms with Crippen molar-refractivity contribution in [2.24, 2.45) is 5.92 Å². The molecule has 100 valence electrons. The van der Waals surface area contributed by atoms with Crippen LogP contribution in [0, 0.1) is 41.3 Å². The van der Waals surface area contributed by atoms with Gasteiger partial charge in [-0.1, -0.05) is 12.1 Å². The van der Waals surface area contributed by atoms with E-state index in [0.29, 0.717) is 11.3 Å². The van der Waals surface area contributed by atoms with Gasteiger partial charge in [-0.05, 0) is 24.6 Å². The number of H-pyrrole nitrogens is 2. The molecule has 0 saturated heterocycles. The van der Waals surface area contributed by atoms with Crippen LogP contribution in [0.3, 0.4) is 0 Å². The van der Waals surface area contributed by atoms with E-state index in [9.17, 15) is 9.18 Å². The molecule has 1 unspecified atom stereocenters. The van der Waals surface area contributed by atoms with Gasteiger partial charge in [0.25, 0.3) is 5.56 Å². The number of aromatic amines is 2. The molecular weight excluding hydrogens is 259 g/mol. The van der Waals surface area contributed by atoms with Gasteiger partial charge in [0.1, 0.15) is 11.7 Å². The molecule has 2 rings (SSSR count). The van der Waals surface area contributed by atoms with Crippen molar-refractivity contribution in [3.05, 3.63) is 57.3 Å². The lowest BCUT2D eigenvalue weighted by Crippen LogP contribution is -2.19. The summed E-state index contributed by atoms with van der Waals surface area (Å²) in [6, 6.07) is 9.31. The van der Waals surface area contributed by atoms with Gasteiger partial charge in [-0.15, -0.1) is 0 Å². The summed E-state index contributed by atoms with van der Waals surface area (Å²) >= 11 is 0. The molecule has 1 heterocycles. The lowest BCUT2D eigenvalue weighted by molar-refractivity contribution is 0.618. The van der Waals surface area contributed by atoms with Crippen molar-refractivity contribution in [1.29, 1.82) is 10.5 Å². The maximum Gasteiger partial charge on any atom is 0.268 e. The molecule has 0 aliphatic heterocycles. The Balaban J connectivity index is 2.67. The van der Waals surface area contributed by atoms with E-state index in [-0.39, 0.29) is 5.56 Å². The molecule has 0 amide bonds. The van der Waals surface area contributed by atoms with E-state index in [1.807, 2.05) is 12.1 Å². The number of nitrogens with one attached hydrogen (secondary N) is 2. The van der Waals surface area contributed by atoms with E-state index < -0.39 is 23.2 Å². The van der Waals surface area contributed by atoms with E-state index in [1.54, 1.807) is 13.0 Å². The summed E-state index contributed by atoms with van der Waals surface area (Å²) in [6.45, 7) is 1.66. The summed E-state index contributed by atoms with van der Waals surface area (Å²) in [5, 5.41) is 23.3. The average molecular weight is 270 g/mol. The first-order valence-electron chi connectivity index (χ1n) is 5.90. The largest absolute Gasteiger partial charge is 0.302 e. The zero-order chi connectivity index (χ0) is 14.7. The fourth-order valence-electron chi connectivity index (χ4n) is 2.23. The maximum atomic E-state index is 13.4. The molecule has 20 heavy (non-hydrogen) atoms. The number of rotatable bonds is 3. The molecule has 0 aliphatic carbocycles. The van der Waals surface area contributed by atoms with Crippen LogP contribution in [-0.2, 0) is 0 Å². The first-order valence-corrected chi connectivity index (χ1v) is 5.90. The van der Waals surface area contributed by atoms with Crippen LogP contribution in [0.4, 0.5) is 4.39 Å². The summed E-state index contributed by atoms with van der Waals surface area (Å²) in [6.07, 6.45) is 0. The number of aromatic nitrogens is 2. The topological polar surface area (TPSA) is 96.2 Å². The molecular formula is C14H11FN4O. The van der Waals surface area contributed by atoms with Crippen molar-refractivity contribution in [2.75, 3.05) is 0 Å². The number of hydrogen-bond donors (Lipinski definition) is 2. The molecule has 0 aliphatic rings. The lowest BCUT2D eigenvalue weighted by atomic mass is 9.82. The molecule has 1 atom stereocenters. The van der Waals surface area contributed by atoms with Crippen molar-refractivity contribution >= 4 is 0 Å². The molecule has 2 aromatic rings. The maximum absolute atomic E-state index is 13.4. The van der Waals surface area contributed by atoms with Crippen LogP contribution in [-0.4, -0.2) is 10.2 Å². The van der Waals surface area contributed by atoms with Crippen molar-refractivity contribution < 1.29 is 4.39 Å². The Hall–Kier alpha value is -2.86. The van der Waals surface area contributed by atoms with Crippen molar-refractivity contribution in [2.45, 2.75) is 12.8 Å². The first kappa shape index (κ1) is 13.6. The number of halogens is 1. The van der Waals surface area contributed by atoms with Gasteiger partial charge in [0.2, 0.25) is 0 Å². The third-order valence-corrected chi connectivity index (χ3v) is 3.14. The van der Waals surface area contributed by atoms with E-state index >= 15 is 0 Å². The van der Waals surface area contributed by atoms with Gasteiger partial charge in [-0.2, -0.15) is 10.5 Å². The number of nitriles is 2. The summed E-state index contributed by atoms with van der Waals surface area (Å²) < 4.78 is 13.4. The lowest BCUT2D eigenvalue weighted by Gasteiger charge is -2.17. The Morgan fingerprint density at radius 3 is 2.45 bits per heavy atom. The minimum atomic E-state index is -1.08. The molecule has 0 radical (unpaired) electrons. The summed E-state index contributed by atoms with van der Waals surface area (Å²) in [5.74, 6) is -2.35. The highest BCUT2D eigenvalue weighted by Gasteiger charge is 2.29. The van der Waals surface area contributed by atoms with E-state index in [0.717, 1.165) is 0 Å². The molecule has 1 aromatic heterocycles. The van der Waals surface area contributed by atoms with Crippen LogP contribution in [0.25, 0.3) is 0 Å². The zero-order valence-corrected chi connectivity index (χ0v) is 10.6. The third-order valence-electron chi connectivity index (χ3n) is 3.14. The monoisotopic (exact) mass is 270 g/mol. The van der Waals surface area contributed by atoms with Crippen LogP contribution < -0.4 is 5.56 Å². The summed E-state index contributed by atoms with van der Waals surface area (Å²) in [7, 11) is 0. The van der Waals surface area contributed by atoms with Gasteiger partial charge >= 0.3 is 0 Å². The highest BCUT2D eigenvalue weighted by Crippen LogP contribution is 2.31. The minimum absolute atomic E-state index is 0.281. The SMILES string of the molecule is Cc1[nH][nH]c(=O)c1C(c1cccc(F)c1)C(C#N)C#N. The summed E-state index contributed by atoms with van der Waals surface area (Å²) in [4.78, 5) is 11.9. The molecule has 2 N–H and O–H groups in total. The second-order valence-corrected chi connectivity index (χ2v) is 4.39. The molecule has 0 spiro atoms. The Morgan fingerprint density at radius 1 is 1.25 bits per heavy atom. The van der Waals surface area contributed by atoms with E-state index in [2.05, 4.69) is 10.2 Å². The highest BCUT2D eigenvalue weighted by molar-refractivity contribution is 5.38. The average Bonchev–Trinajstić information content (AvgIpc) is 2.76. The third kappa shape index (κ3) is 2.32. The molecule has 1 aromatic carbocycles. The highest BCUT2D eigenvalue weighted by atomic mass is 19.1. The Bertz CT molecular complexity index is 748. The van der Waals surface area contributed by atoms with Crippen molar-refractivity contribution in [3.63, 3.8) is 0 Å². The van der Waals surface area contributed by atoms with Gasteiger partial charge in [0.05, 0.1) is 12.1 Å². The predicted octanol–water partition coefficient (Wildman–Crippen LogP) is 1.95. The smallest absolute Gasteiger partial charge is 0.268 e. The standard InChI is InChI=1S/C14H11FN4O/c1-8-12(14(20)19-18-8)13(10(6-16)7-17)9-3-2-4-11(15)5-9/h2-5,10,13H,1H3,(H2,18,19,20).